The molecular weight excluding hydrogens is 402 g/mol. The molecule has 158 valence electrons. The smallest absolute Gasteiger partial charge is 0.234 e. The van der Waals surface area contributed by atoms with Gasteiger partial charge >= 0.3 is 0 Å². The van der Waals surface area contributed by atoms with Crippen LogP contribution in [-0.2, 0) is 4.79 Å². The number of thioether (sulfide) groups is 1. The number of nitrogens with zero attached hydrogens (tertiary/aromatic N) is 3. The zero-order valence-corrected chi connectivity index (χ0v) is 18.0. The number of nitrogen functional groups attached to an aromatic ring is 1. The zero-order valence-electron chi connectivity index (χ0n) is 17.2. The van der Waals surface area contributed by atoms with Crippen molar-refractivity contribution in [1.82, 2.24) is 14.9 Å². The maximum atomic E-state index is 12.3. The van der Waals surface area contributed by atoms with E-state index in [-0.39, 0.29) is 17.8 Å². The van der Waals surface area contributed by atoms with Crippen molar-refractivity contribution in [2.24, 2.45) is 0 Å². The molecule has 0 saturated heterocycles. The Hall–Kier alpha value is -3.20. The Morgan fingerprint density at radius 1 is 1.17 bits per heavy atom. The van der Waals surface area contributed by atoms with Crippen molar-refractivity contribution in [2.45, 2.75) is 32.0 Å². The topological polar surface area (TPSA) is 104 Å². The monoisotopic (exact) mass is 427 g/mol. The van der Waals surface area contributed by atoms with Crippen LogP contribution < -0.4 is 20.6 Å². The molecule has 9 heteroatoms. The summed E-state index contributed by atoms with van der Waals surface area (Å²) < 4.78 is 12.5. The molecule has 0 spiro atoms. The molecule has 3 N–H and O–H groups in total. The number of rotatable bonds is 9. The first-order chi connectivity index (χ1) is 14.5. The van der Waals surface area contributed by atoms with Gasteiger partial charge in [-0.25, -0.2) is 4.68 Å². The quantitative estimate of drug-likeness (QED) is 0.397. The molecule has 2 aromatic carbocycles. The van der Waals surface area contributed by atoms with Crippen molar-refractivity contribution < 1.29 is 14.3 Å². The molecule has 0 unspecified atom stereocenters. The van der Waals surface area contributed by atoms with Gasteiger partial charge in [0.2, 0.25) is 11.1 Å². The van der Waals surface area contributed by atoms with Crippen LogP contribution in [0, 0.1) is 0 Å². The average Bonchev–Trinajstić information content (AvgIpc) is 3.08. The van der Waals surface area contributed by atoms with Crippen molar-refractivity contribution in [3.8, 4) is 22.9 Å². The van der Waals surface area contributed by atoms with Crippen LogP contribution in [0.15, 0.2) is 53.7 Å². The molecule has 30 heavy (non-hydrogen) atoms. The Labute approximate surface area is 179 Å². The van der Waals surface area contributed by atoms with Gasteiger partial charge in [0, 0.05) is 11.3 Å². The Kier molecular flexibility index (Phi) is 7.18. The van der Waals surface area contributed by atoms with Crippen LogP contribution in [0.1, 0.15) is 20.8 Å². The minimum atomic E-state index is -0.166. The fourth-order valence-corrected chi connectivity index (χ4v) is 3.34. The molecule has 3 rings (SSSR count). The third-order valence-corrected chi connectivity index (χ3v) is 4.85. The summed E-state index contributed by atoms with van der Waals surface area (Å²) in [7, 11) is 0. The van der Waals surface area contributed by atoms with Crippen molar-refractivity contribution in [1.29, 1.82) is 0 Å². The van der Waals surface area contributed by atoms with Crippen LogP contribution in [0.3, 0.4) is 0 Å². The van der Waals surface area contributed by atoms with Gasteiger partial charge in [0.15, 0.2) is 5.82 Å². The van der Waals surface area contributed by atoms with Crippen LogP contribution in [0.4, 0.5) is 5.69 Å². The molecule has 0 radical (unpaired) electrons. The van der Waals surface area contributed by atoms with E-state index in [9.17, 15) is 4.79 Å². The summed E-state index contributed by atoms with van der Waals surface area (Å²) in [5, 5.41) is 11.5. The number of amides is 1. The lowest BCUT2D eigenvalue weighted by atomic mass is 10.2. The molecule has 0 aliphatic heterocycles. The van der Waals surface area contributed by atoms with Gasteiger partial charge in [-0.1, -0.05) is 23.9 Å². The number of hydrogen-bond donors (Lipinski definition) is 2. The van der Waals surface area contributed by atoms with Gasteiger partial charge in [0.05, 0.1) is 18.5 Å². The number of anilines is 1. The first kappa shape index (κ1) is 21.5. The van der Waals surface area contributed by atoms with Crippen LogP contribution in [0.5, 0.6) is 11.5 Å². The number of carbonyl (C=O) groups is 1. The number of nitrogens with two attached hydrogens (primary N) is 1. The maximum absolute atomic E-state index is 12.3. The molecule has 0 aliphatic rings. The summed E-state index contributed by atoms with van der Waals surface area (Å²) in [4.78, 5) is 12.3. The zero-order chi connectivity index (χ0) is 21.5. The van der Waals surface area contributed by atoms with Crippen LogP contribution >= 0.6 is 11.8 Å². The highest BCUT2D eigenvalue weighted by Crippen LogP contribution is 2.25. The van der Waals surface area contributed by atoms with Crippen molar-refractivity contribution in [3.05, 3.63) is 48.5 Å². The third-order valence-electron chi connectivity index (χ3n) is 3.91. The van der Waals surface area contributed by atoms with Crippen molar-refractivity contribution >= 4 is 23.4 Å². The Balaban J connectivity index is 1.60. The lowest BCUT2D eigenvalue weighted by Crippen LogP contribution is -2.16. The summed E-state index contributed by atoms with van der Waals surface area (Å²) in [5.41, 5.74) is 1.48. The minimum absolute atomic E-state index is 0.0657. The van der Waals surface area contributed by atoms with Gasteiger partial charge < -0.3 is 20.6 Å². The number of nitrogens with one attached hydrogen (secondary N) is 1. The molecule has 0 fully saturated rings. The van der Waals surface area contributed by atoms with Crippen LogP contribution in [0.25, 0.3) is 11.4 Å². The maximum Gasteiger partial charge on any atom is 0.234 e. The molecular formula is C21H25N5O3S. The van der Waals surface area contributed by atoms with E-state index in [1.54, 1.807) is 12.1 Å². The van der Waals surface area contributed by atoms with E-state index in [1.807, 2.05) is 57.2 Å². The SMILES string of the molecule is CCOc1ccc(NC(=O)CSc2nnc(-c3cccc(OC(C)C)c3)n2N)cc1. The van der Waals surface area contributed by atoms with Crippen molar-refractivity contribution in [3.63, 3.8) is 0 Å². The Bertz CT molecular complexity index is 989. The third kappa shape index (κ3) is 5.66. The summed E-state index contributed by atoms with van der Waals surface area (Å²) in [5.74, 6) is 8.13. The predicted molar refractivity (Wildman–Crippen MR) is 118 cm³/mol. The lowest BCUT2D eigenvalue weighted by molar-refractivity contribution is -0.113. The van der Waals surface area contributed by atoms with Gasteiger partial charge in [-0.2, -0.15) is 0 Å². The van der Waals surface area contributed by atoms with E-state index >= 15 is 0 Å². The second kappa shape index (κ2) is 10.0. The number of ether oxygens (including phenoxy) is 2. The van der Waals surface area contributed by atoms with E-state index < -0.39 is 0 Å². The Morgan fingerprint density at radius 2 is 1.93 bits per heavy atom. The van der Waals surface area contributed by atoms with Crippen LogP contribution in [-0.4, -0.2) is 39.2 Å². The number of benzene rings is 2. The summed E-state index contributed by atoms with van der Waals surface area (Å²) >= 11 is 1.21. The standard InChI is InChI=1S/C21H25N5O3S/c1-4-28-17-10-8-16(9-11-17)23-19(27)13-30-21-25-24-20(26(21)22)15-6-5-7-18(12-15)29-14(2)3/h5-12,14H,4,13,22H2,1-3H3,(H,23,27). The fourth-order valence-electron chi connectivity index (χ4n) is 2.68. The van der Waals surface area contributed by atoms with Gasteiger partial charge in [-0.3, -0.25) is 4.79 Å². The van der Waals surface area contributed by atoms with Crippen molar-refractivity contribution in [2.75, 3.05) is 23.5 Å². The molecule has 0 atom stereocenters. The predicted octanol–water partition coefficient (Wildman–Crippen LogP) is 3.58. The molecule has 3 aromatic rings. The highest BCUT2D eigenvalue weighted by Gasteiger charge is 2.15. The van der Waals surface area contributed by atoms with E-state index in [4.69, 9.17) is 15.3 Å². The molecule has 0 saturated carbocycles. The van der Waals surface area contributed by atoms with E-state index in [0.29, 0.717) is 23.3 Å². The highest BCUT2D eigenvalue weighted by atomic mass is 32.2. The normalized spacial score (nSPS) is 10.8. The highest BCUT2D eigenvalue weighted by molar-refractivity contribution is 7.99. The number of aromatic nitrogens is 3. The van der Waals surface area contributed by atoms with Crippen LogP contribution in [0.2, 0.25) is 0 Å². The molecule has 0 aliphatic carbocycles. The Morgan fingerprint density at radius 3 is 2.63 bits per heavy atom. The fraction of sp³-hybridized carbons (Fsp3) is 0.286. The molecule has 1 amide bonds. The summed E-state index contributed by atoms with van der Waals surface area (Å²) in [6, 6.07) is 14.7. The minimum Gasteiger partial charge on any atom is -0.494 e. The first-order valence-electron chi connectivity index (χ1n) is 9.59. The number of hydrogen-bond acceptors (Lipinski definition) is 7. The second-order valence-corrected chi connectivity index (χ2v) is 7.61. The lowest BCUT2D eigenvalue weighted by Gasteiger charge is -2.10. The van der Waals surface area contributed by atoms with E-state index in [2.05, 4.69) is 15.5 Å². The van der Waals surface area contributed by atoms with Gasteiger partial charge in [-0.05, 0) is 57.2 Å². The summed E-state index contributed by atoms with van der Waals surface area (Å²) in [6.07, 6.45) is 0.0657. The molecule has 1 aromatic heterocycles. The second-order valence-electron chi connectivity index (χ2n) is 6.66. The average molecular weight is 428 g/mol. The van der Waals surface area contributed by atoms with Gasteiger partial charge in [0.25, 0.3) is 0 Å². The molecule has 1 heterocycles. The van der Waals surface area contributed by atoms with Gasteiger partial charge in [0.1, 0.15) is 11.5 Å². The number of carbonyl (C=O) groups excluding carboxylic acids is 1. The molecule has 0 bridgehead atoms. The van der Waals surface area contributed by atoms with E-state index in [1.165, 1.54) is 16.4 Å². The largest absolute Gasteiger partial charge is 0.494 e. The molecule has 8 nitrogen and oxygen atoms in total. The van der Waals surface area contributed by atoms with E-state index in [0.717, 1.165) is 17.1 Å². The summed E-state index contributed by atoms with van der Waals surface area (Å²) in [6.45, 7) is 6.44. The first-order valence-corrected chi connectivity index (χ1v) is 10.6. The van der Waals surface area contributed by atoms with Gasteiger partial charge in [-0.15, -0.1) is 10.2 Å².